The Morgan fingerprint density at radius 1 is 1.23 bits per heavy atom. The van der Waals surface area contributed by atoms with Crippen molar-refractivity contribution in [3.63, 3.8) is 0 Å². The van der Waals surface area contributed by atoms with E-state index >= 15 is 0 Å². The Bertz CT molecular complexity index is 673. The lowest BCUT2D eigenvalue weighted by atomic mass is 10.2. The quantitative estimate of drug-likeness (QED) is 0.878. The molecular formula is C13H16Cl2N2O4S. The first-order valence-corrected chi connectivity index (χ1v) is 8.85. The molecule has 9 heteroatoms. The number of sulfonamides is 1. The van der Waals surface area contributed by atoms with E-state index in [4.69, 9.17) is 28.3 Å². The summed E-state index contributed by atoms with van der Waals surface area (Å²) in [4.78, 5) is 12.7. The van der Waals surface area contributed by atoms with E-state index in [0.29, 0.717) is 18.1 Å². The van der Waals surface area contributed by atoms with Crippen molar-refractivity contribution in [2.75, 3.05) is 26.2 Å². The average molecular weight is 367 g/mol. The van der Waals surface area contributed by atoms with Crippen LogP contribution >= 0.6 is 23.2 Å². The highest BCUT2D eigenvalue weighted by Gasteiger charge is 2.32. The molecule has 0 amide bonds. The fraction of sp³-hybridized carbons (Fsp3) is 0.462. The lowest BCUT2D eigenvalue weighted by Gasteiger charge is -2.35. The number of carbonyl (C=O) groups is 1. The predicted octanol–water partition coefficient (Wildman–Crippen LogP) is 1.77. The van der Waals surface area contributed by atoms with Crippen molar-refractivity contribution in [3.05, 3.63) is 28.2 Å². The molecule has 6 nitrogen and oxygen atoms in total. The number of piperazine rings is 1. The van der Waals surface area contributed by atoms with Crippen molar-refractivity contribution in [3.8, 4) is 0 Å². The van der Waals surface area contributed by atoms with Gasteiger partial charge in [0.15, 0.2) is 0 Å². The molecule has 0 spiro atoms. The molecular weight excluding hydrogens is 351 g/mol. The Hall–Kier alpha value is -0.860. The minimum absolute atomic E-state index is 0.0265. The van der Waals surface area contributed by atoms with E-state index in [1.165, 1.54) is 22.5 Å². The fourth-order valence-electron chi connectivity index (χ4n) is 2.30. The van der Waals surface area contributed by atoms with E-state index in [9.17, 15) is 13.2 Å². The molecule has 1 unspecified atom stereocenters. The fourth-order valence-corrected chi connectivity index (χ4v) is 4.46. The van der Waals surface area contributed by atoms with Crippen molar-refractivity contribution in [2.24, 2.45) is 0 Å². The molecule has 0 aromatic heterocycles. The van der Waals surface area contributed by atoms with Crippen molar-refractivity contribution >= 4 is 39.2 Å². The second-order valence-electron chi connectivity index (χ2n) is 5.03. The Morgan fingerprint density at radius 3 is 2.36 bits per heavy atom. The van der Waals surface area contributed by atoms with Crippen LogP contribution in [-0.4, -0.2) is 60.9 Å². The number of carboxylic acids is 1. The van der Waals surface area contributed by atoms with E-state index in [2.05, 4.69) is 0 Å². The highest BCUT2D eigenvalue weighted by Crippen LogP contribution is 2.28. The van der Waals surface area contributed by atoms with Crippen molar-refractivity contribution in [1.82, 2.24) is 9.21 Å². The van der Waals surface area contributed by atoms with Gasteiger partial charge in [-0.1, -0.05) is 23.2 Å². The molecule has 0 saturated carbocycles. The second kappa shape index (κ2) is 6.72. The van der Waals surface area contributed by atoms with Gasteiger partial charge in [0.25, 0.3) is 0 Å². The van der Waals surface area contributed by atoms with Crippen molar-refractivity contribution in [1.29, 1.82) is 0 Å². The van der Waals surface area contributed by atoms with E-state index in [1.54, 1.807) is 11.8 Å². The van der Waals surface area contributed by atoms with E-state index in [-0.39, 0.29) is 23.0 Å². The summed E-state index contributed by atoms with van der Waals surface area (Å²) in [6, 6.07) is 3.65. The number of benzene rings is 1. The number of hydrogen-bond donors (Lipinski definition) is 1. The first-order valence-electron chi connectivity index (χ1n) is 6.65. The maximum Gasteiger partial charge on any atom is 0.320 e. The summed E-state index contributed by atoms with van der Waals surface area (Å²) < 4.78 is 26.5. The lowest BCUT2D eigenvalue weighted by Crippen LogP contribution is -2.53. The van der Waals surface area contributed by atoms with Crippen LogP contribution in [0, 0.1) is 0 Å². The van der Waals surface area contributed by atoms with E-state index in [1.807, 2.05) is 0 Å². The maximum absolute atomic E-state index is 12.6. The zero-order valence-electron chi connectivity index (χ0n) is 11.9. The molecule has 1 N–H and O–H groups in total. The van der Waals surface area contributed by atoms with E-state index in [0.717, 1.165) is 0 Å². The van der Waals surface area contributed by atoms with Crippen LogP contribution in [0.25, 0.3) is 0 Å². The molecule has 1 aliphatic heterocycles. The molecule has 2 rings (SSSR count). The molecule has 0 bridgehead atoms. The number of halogens is 2. The summed E-state index contributed by atoms with van der Waals surface area (Å²) in [5.74, 6) is -0.922. The first kappa shape index (κ1) is 17.5. The molecule has 1 saturated heterocycles. The summed E-state index contributed by atoms with van der Waals surface area (Å²) in [5, 5.41) is 9.41. The van der Waals surface area contributed by atoms with Crippen molar-refractivity contribution in [2.45, 2.75) is 17.9 Å². The van der Waals surface area contributed by atoms with E-state index < -0.39 is 22.0 Å². The van der Waals surface area contributed by atoms with Crippen LogP contribution in [0.1, 0.15) is 6.92 Å². The summed E-state index contributed by atoms with van der Waals surface area (Å²) in [5.41, 5.74) is 0. The zero-order valence-corrected chi connectivity index (χ0v) is 14.2. The van der Waals surface area contributed by atoms with Crippen LogP contribution in [0.3, 0.4) is 0 Å². The average Bonchev–Trinajstić information content (AvgIpc) is 2.48. The number of hydrogen-bond acceptors (Lipinski definition) is 4. The van der Waals surface area contributed by atoms with Gasteiger partial charge in [0, 0.05) is 31.2 Å². The minimum Gasteiger partial charge on any atom is -0.480 e. The second-order valence-corrected chi connectivity index (χ2v) is 7.78. The number of carboxylic acid groups (broad SMARTS) is 1. The third-order valence-corrected chi connectivity index (χ3v) is 6.30. The molecule has 22 heavy (non-hydrogen) atoms. The summed E-state index contributed by atoms with van der Waals surface area (Å²) in [7, 11) is -3.74. The molecule has 1 aromatic carbocycles. The van der Waals surface area contributed by atoms with Crippen LogP contribution in [0.4, 0.5) is 0 Å². The smallest absolute Gasteiger partial charge is 0.320 e. The number of nitrogens with zero attached hydrogens (tertiary/aromatic N) is 2. The molecule has 1 fully saturated rings. The highest BCUT2D eigenvalue weighted by molar-refractivity contribution is 7.89. The van der Waals surface area contributed by atoms with Gasteiger partial charge < -0.3 is 5.11 Å². The van der Waals surface area contributed by atoms with Gasteiger partial charge in [-0.25, -0.2) is 8.42 Å². The van der Waals surface area contributed by atoms with Gasteiger partial charge in [0.2, 0.25) is 10.0 Å². The molecule has 1 aromatic rings. The molecule has 0 aliphatic carbocycles. The number of rotatable bonds is 4. The summed E-state index contributed by atoms with van der Waals surface area (Å²) >= 11 is 11.8. The van der Waals surface area contributed by atoms with Gasteiger partial charge in [-0.2, -0.15) is 4.31 Å². The molecule has 1 atom stereocenters. The Labute approximate surface area is 139 Å². The zero-order chi connectivity index (χ0) is 16.5. The topological polar surface area (TPSA) is 77.9 Å². The van der Waals surface area contributed by atoms with Crippen LogP contribution in [0.5, 0.6) is 0 Å². The van der Waals surface area contributed by atoms with Gasteiger partial charge in [0.1, 0.15) is 10.9 Å². The van der Waals surface area contributed by atoms with Gasteiger partial charge >= 0.3 is 5.97 Å². The summed E-state index contributed by atoms with van der Waals surface area (Å²) in [6.07, 6.45) is 0. The third kappa shape index (κ3) is 3.55. The van der Waals surface area contributed by atoms with Crippen LogP contribution in [0.15, 0.2) is 23.1 Å². The molecule has 1 aliphatic rings. The standard InChI is InChI=1S/C13H16Cl2N2O4S/c1-9(13(18)19)16-4-6-17(7-5-16)22(20,21)12-8-10(14)2-3-11(12)15/h2-3,8-9H,4-7H2,1H3,(H,18,19). The van der Waals surface area contributed by atoms with Crippen LogP contribution in [0.2, 0.25) is 10.0 Å². The Balaban J connectivity index is 2.16. The van der Waals surface area contributed by atoms with Crippen LogP contribution < -0.4 is 0 Å². The Morgan fingerprint density at radius 2 is 1.82 bits per heavy atom. The largest absolute Gasteiger partial charge is 0.480 e. The SMILES string of the molecule is CC(C(=O)O)N1CCN(S(=O)(=O)c2cc(Cl)ccc2Cl)CC1. The maximum atomic E-state index is 12.6. The van der Waals surface area contributed by atoms with Crippen molar-refractivity contribution < 1.29 is 18.3 Å². The van der Waals surface area contributed by atoms with Gasteiger partial charge in [-0.15, -0.1) is 0 Å². The van der Waals surface area contributed by atoms with Gasteiger partial charge in [-0.05, 0) is 25.1 Å². The summed E-state index contributed by atoms with van der Waals surface area (Å²) in [6.45, 7) is 2.71. The van der Waals surface area contributed by atoms with Gasteiger partial charge in [-0.3, -0.25) is 9.69 Å². The molecule has 122 valence electrons. The molecule has 1 heterocycles. The highest BCUT2D eigenvalue weighted by atomic mass is 35.5. The predicted molar refractivity (Wildman–Crippen MR) is 83.9 cm³/mol. The normalized spacial score (nSPS) is 19.0. The lowest BCUT2D eigenvalue weighted by molar-refractivity contribution is -0.143. The van der Waals surface area contributed by atoms with Gasteiger partial charge in [0.05, 0.1) is 5.02 Å². The van der Waals surface area contributed by atoms with Crippen LogP contribution in [-0.2, 0) is 14.8 Å². The third-order valence-electron chi connectivity index (χ3n) is 3.69. The monoisotopic (exact) mass is 366 g/mol. The molecule has 0 radical (unpaired) electrons. The minimum atomic E-state index is -3.74. The first-order chi connectivity index (χ1) is 10.2. The Kier molecular flexibility index (Phi) is 5.34. The number of aliphatic carboxylic acids is 1.